The summed E-state index contributed by atoms with van der Waals surface area (Å²) in [6.45, 7) is -0.219. The Labute approximate surface area is 121 Å². The maximum atomic E-state index is 12.5. The minimum absolute atomic E-state index is 0.121. The summed E-state index contributed by atoms with van der Waals surface area (Å²) in [6, 6.07) is -0.951. The molecule has 1 heterocycles. The smallest absolute Gasteiger partial charge is 0.406 e. The zero-order chi connectivity index (χ0) is 16.0. The summed E-state index contributed by atoms with van der Waals surface area (Å²) in [6.07, 6.45) is -0.624. The molecule has 21 heavy (non-hydrogen) atoms. The van der Waals surface area contributed by atoms with Gasteiger partial charge < -0.3 is 14.9 Å². The molecule has 1 N–H and O–H groups in total. The molecule has 5 nitrogen and oxygen atoms in total. The molecule has 1 fully saturated rings. The van der Waals surface area contributed by atoms with E-state index in [0.717, 1.165) is 25.7 Å². The van der Waals surface area contributed by atoms with Crippen molar-refractivity contribution in [2.75, 3.05) is 19.6 Å². The Hall–Kier alpha value is -1.47. The quantitative estimate of drug-likeness (QED) is 0.868. The first-order chi connectivity index (χ1) is 9.74. The average Bonchev–Trinajstić information content (AvgIpc) is 2.59. The van der Waals surface area contributed by atoms with Gasteiger partial charge in [-0.3, -0.25) is 4.79 Å². The van der Waals surface area contributed by atoms with Gasteiger partial charge in [-0.2, -0.15) is 13.2 Å². The molecule has 122 valence electrons. The van der Waals surface area contributed by atoms with Crippen LogP contribution in [0.4, 0.5) is 18.0 Å². The maximum Gasteiger partial charge on any atom is 0.406 e. The Balaban J connectivity index is 2.87. The molecule has 0 aromatic rings. The molecule has 1 aliphatic rings. The summed E-state index contributed by atoms with van der Waals surface area (Å²) in [7, 11) is 0. The number of hydrogen-bond acceptors (Lipinski definition) is 2. The van der Waals surface area contributed by atoms with Gasteiger partial charge in [-0.25, -0.2) is 4.79 Å². The van der Waals surface area contributed by atoms with Gasteiger partial charge in [-0.1, -0.05) is 19.8 Å². The minimum Gasteiger partial charge on any atom is -0.480 e. The summed E-state index contributed by atoms with van der Waals surface area (Å²) < 4.78 is 37.6. The van der Waals surface area contributed by atoms with Crippen molar-refractivity contribution in [3.8, 4) is 0 Å². The number of halogens is 3. The largest absolute Gasteiger partial charge is 0.480 e. The van der Waals surface area contributed by atoms with Gasteiger partial charge in [0.15, 0.2) is 0 Å². The summed E-state index contributed by atoms with van der Waals surface area (Å²) in [5, 5.41) is 8.73. The van der Waals surface area contributed by atoms with Gasteiger partial charge in [-0.05, 0) is 19.3 Å². The van der Waals surface area contributed by atoms with Gasteiger partial charge in [0, 0.05) is 12.6 Å². The van der Waals surface area contributed by atoms with Crippen molar-refractivity contribution in [3.63, 3.8) is 0 Å². The highest BCUT2D eigenvalue weighted by atomic mass is 19.4. The fourth-order valence-electron chi connectivity index (χ4n) is 2.61. The van der Waals surface area contributed by atoms with E-state index in [1.807, 2.05) is 6.92 Å². The first kappa shape index (κ1) is 17.6. The van der Waals surface area contributed by atoms with Crippen LogP contribution in [-0.4, -0.2) is 58.8 Å². The van der Waals surface area contributed by atoms with E-state index < -0.39 is 31.3 Å². The van der Waals surface area contributed by atoms with E-state index in [1.54, 1.807) is 0 Å². The Bertz CT molecular complexity index is 374. The topological polar surface area (TPSA) is 60.9 Å². The maximum absolute atomic E-state index is 12.5. The van der Waals surface area contributed by atoms with Crippen molar-refractivity contribution in [2.24, 2.45) is 0 Å². The van der Waals surface area contributed by atoms with Gasteiger partial charge in [0.1, 0.15) is 13.1 Å². The van der Waals surface area contributed by atoms with Gasteiger partial charge >= 0.3 is 18.2 Å². The number of hydrogen-bond donors (Lipinski definition) is 1. The molecular weight excluding hydrogens is 289 g/mol. The van der Waals surface area contributed by atoms with Crippen LogP contribution < -0.4 is 0 Å². The van der Waals surface area contributed by atoms with Crippen molar-refractivity contribution >= 4 is 12.0 Å². The van der Waals surface area contributed by atoms with E-state index in [0.29, 0.717) is 17.9 Å². The van der Waals surface area contributed by atoms with Crippen LogP contribution >= 0.6 is 0 Å². The lowest BCUT2D eigenvalue weighted by Gasteiger charge is -2.34. The van der Waals surface area contributed by atoms with E-state index in [9.17, 15) is 22.8 Å². The van der Waals surface area contributed by atoms with Crippen LogP contribution in [-0.2, 0) is 4.79 Å². The zero-order valence-corrected chi connectivity index (χ0v) is 12.0. The molecule has 0 aromatic heterocycles. The standard InChI is InChI=1S/C13H21F3N2O3/c1-2-10-6-4-3-5-7-18(10)12(21)17(8-11(19)20)9-13(14,15)16/h10H,2-9H2,1H3,(H,19,20). The fourth-order valence-corrected chi connectivity index (χ4v) is 2.61. The number of carboxylic acid groups (broad SMARTS) is 1. The highest BCUT2D eigenvalue weighted by molar-refractivity contribution is 5.80. The fraction of sp³-hybridized carbons (Fsp3) is 0.846. The molecule has 1 unspecified atom stereocenters. The number of likely N-dealkylation sites (tertiary alicyclic amines) is 1. The predicted octanol–water partition coefficient (Wildman–Crippen LogP) is 2.71. The molecule has 1 rings (SSSR count). The number of nitrogens with zero attached hydrogens (tertiary/aromatic N) is 2. The van der Waals surface area contributed by atoms with Crippen LogP contribution in [0.3, 0.4) is 0 Å². The highest BCUT2D eigenvalue weighted by Gasteiger charge is 2.37. The molecule has 0 spiro atoms. The van der Waals surface area contributed by atoms with Crippen molar-refractivity contribution in [2.45, 2.75) is 51.2 Å². The van der Waals surface area contributed by atoms with Crippen LogP contribution in [0.25, 0.3) is 0 Å². The molecule has 0 aromatic carbocycles. The number of urea groups is 1. The van der Waals surface area contributed by atoms with Gasteiger partial charge in [0.25, 0.3) is 0 Å². The normalized spacial score (nSPS) is 20.0. The van der Waals surface area contributed by atoms with Crippen molar-refractivity contribution in [1.82, 2.24) is 9.80 Å². The lowest BCUT2D eigenvalue weighted by atomic mass is 10.1. The zero-order valence-electron chi connectivity index (χ0n) is 12.0. The Morgan fingerprint density at radius 3 is 2.48 bits per heavy atom. The molecule has 0 bridgehead atoms. The van der Waals surface area contributed by atoms with Crippen molar-refractivity contribution in [1.29, 1.82) is 0 Å². The van der Waals surface area contributed by atoms with Crippen molar-refractivity contribution in [3.05, 3.63) is 0 Å². The van der Waals surface area contributed by atoms with Crippen LogP contribution in [0, 0.1) is 0 Å². The molecule has 0 radical (unpaired) electrons. The number of carbonyl (C=O) groups excluding carboxylic acids is 1. The van der Waals surface area contributed by atoms with E-state index in [1.165, 1.54) is 4.90 Å². The molecule has 1 saturated heterocycles. The summed E-state index contributed by atoms with van der Waals surface area (Å²) >= 11 is 0. The molecule has 8 heteroatoms. The summed E-state index contributed by atoms with van der Waals surface area (Å²) in [4.78, 5) is 24.8. The second-order valence-electron chi connectivity index (χ2n) is 5.25. The van der Waals surface area contributed by atoms with E-state index in [2.05, 4.69) is 0 Å². The molecule has 0 aliphatic carbocycles. The first-order valence-electron chi connectivity index (χ1n) is 7.08. The molecule has 2 amide bonds. The summed E-state index contributed by atoms with van der Waals surface area (Å²) in [5.74, 6) is -1.45. The van der Waals surface area contributed by atoms with E-state index >= 15 is 0 Å². The summed E-state index contributed by atoms with van der Waals surface area (Å²) in [5.41, 5.74) is 0. The Morgan fingerprint density at radius 1 is 1.29 bits per heavy atom. The number of alkyl halides is 3. The Kier molecular flexibility index (Phi) is 6.29. The third-order valence-electron chi connectivity index (χ3n) is 3.56. The molecule has 1 atom stereocenters. The SMILES string of the molecule is CCC1CCCCCN1C(=O)N(CC(=O)O)CC(F)(F)F. The first-order valence-corrected chi connectivity index (χ1v) is 7.08. The minimum atomic E-state index is -4.61. The van der Waals surface area contributed by atoms with Crippen LogP contribution in [0.5, 0.6) is 0 Å². The number of carbonyl (C=O) groups is 2. The number of rotatable bonds is 4. The molecule has 1 aliphatic heterocycles. The molecule has 0 saturated carbocycles. The average molecular weight is 310 g/mol. The van der Waals surface area contributed by atoms with Gasteiger partial charge in [0.05, 0.1) is 0 Å². The Morgan fingerprint density at radius 2 is 1.95 bits per heavy atom. The lowest BCUT2D eigenvalue weighted by molar-refractivity contribution is -0.150. The lowest BCUT2D eigenvalue weighted by Crippen LogP contribution is -2.51. The highest BCUT2D eigenvalue weighted by Crippen LogP contribution is 2.23. The second-order valence-corrected chi connectivity index (χ2v) is 5.25. The third kappa shape index (κ3) is 5.81. The van der Waals surface area contributed by atoms with Crippen LogP contribution in [0.1, 0.15) is 39.0 Å². The van der Waals surface area contributed by atoms with Crippen molar-refractivity contribution < 1.29 is 27.9 Å². The third-order valence-corrected chi connectivity index (χ3v) is 3.56. The number of carboxylic acids is 1. The number of aliphatic carboxylic acids is 1. The molecular formula is C13H21F3N2O3. The second kappa shape index (κ2) is 7.51. The van der Waals surface area contributed by atoms with Gasteiger partial charge in [-0.15, -0.1) is 0 Å². The van der Waals surface area contributed by atoms with E-state index in [-0.39, 0.29) is 6.04 Å². The van der Waals surface area contributed by atoms with E-state index in [4.69, 9.17) is 5.11 Å². The monoisotopic (exact) mass is 310 g/mol. The number of amides is 2. The predicted molar refractivity (Wildman–Crippen MR) is 69.9 cm³/mol. The van der Waals surface area contributed by atoms with Crippen LogP contribution in [0.15, 0.2) is 0 Å². The van der Waals surface area contributed by atoms with Gasteiger partial charge in [0.2, 0.25) is 0 Å². The van der Waals surface area contributed by atoms with Crippen LogP contribution in [0.2, 0.25) is 0 Å².